The second kappa shape index (κ2) is 8.72. The number of fused-ring (bicyclic) bond motifs is 6. The van der Waals surface area contributed by atoms with Crippen LogP contribution in [0.5, 0.6) is 0 Å². The molecule has 6 rings (SSSR count). The molecule has 2 bridgehead atoms. The van der Waals surface area contributed by atoms with E-state index in [9.17, 15) is 9.90 Å². The second-order valence-electron chi connectivity index (χ2n) is 9.96. The van der Waals surface area contributed by atoms with Crippen molar-refractivity contribution in [1.82, 2.24) is 9.80 Å². The molecule has 0 aliphatic carbocycles. The largest absolute Gasteiger partial charge is 0.412 e. The minimum absolute atomic E-state index is 0. The van der Waals surface area contributed by atoms with E-state index in [0.717, 1.165) is 57.8 Å². The van der Waals surface area contributed by atoms with E-state index in [4.69, 9.17) is 0 Å². The van der Waals surface area contributed by atoms with Crippen molar-refractivity contribution in [1.29, 1.82) is 0 Å². The monoisotopic (exact) mass is 450 g/mol. The van der Waals surface area contributed by atoms with E-state index in [1.54, 1.807) is 0 Å². The molecular weight excluding hydrogens is 416 g/mol. The van der Waals surface area contributed by atoms with E-state index in [-0.39, 0.29) is 23.7 Å². The molecule has 0 spiro atoms. The Morgan fingerprint density at radius 1 is 1.03 bits per heavy atom. The van der Waals surface area contributed by atoms with Crippen molar-refractivity contribution in [2.24, 2.45) is 0 Å². The highest BCUT2D eigenvalue weighted by Gasteiger charge is 2.43. The van der Waals surface area contributed by atoms with Crippen molar-refractivity contribution in [2.45, 2.75) is 44.5 Å². The average Bonchev–Trinajstić information content (AvgIpc) is 3.44. The van der Waals surface area contributed by atoms with Gasteiger partial charge in [-0.2, -0.15) is 0 Å². The molecule has 2 aromatic rings. The Morgan fingerprint density at radius 3 is 2.52 bits per heavy atom. The lowest BCUT2D eigenvalue weighted by atomic mass is 9.94. The molecule has 3 N–H and O–H groups in total. The lowest BCUT2D eigenvalue weighted by Crippen LogP contribution is -2.50. The van der Waals surface area contributed by atoms with Crippen molar-refractivity contribution >= 4 is 17.3 Å². The number of carbonyl (C=O) groups excluding carboxylic acids is 1. The molecular formula is C26H34N4O3. The molecule has 3 unspecified atom stereocenters. The normalized spacial score (nSPS) is 26.3. The van der Waals surface area contributed by atoms with Crippen molar-refractivity contribution in [3.8, 4) is 0 Å². The van der Waals surface area contributed by atoms with E-state index >= 15 is 0 Å². The molecule has 2 aromatic carbocycles. The van der Waals surface area contributed by atoms with Gasteiger partial charge in [-0.05, 0) is 42.2 Å². The van der Waals surface area contributed by atoms with Crippen LogP contribution in [0, 0.1) is 0 Å². The maximum atomic E-state index is 13.4. The third-order valence-electron chi connectivity index (χ3n) is 7.81. The van der Waals surface area contributed by atoms with Crippen LogP contribution in [-0.4, -0.2) is 77.8 Å². The number of carbonyl (C=O) groups is 1. The van der Waals surface area contributed by atoms with Crippen molar-refractivity contribution in [2.75, 3.05) is 49.1 Å². The first-order valence-corrected chi connectivity index (χ1v) is 12.0. The third-order valence-corrected chi connectivity index (χ3v) is 7.81. The van der Waals surface area contributed by atoms with Gasteiger partial charge in [0.15, 0.2) is 0 Å². The first-order valence-electron chi connectivity index (χ1n) is 12.0. The number of hydrogen-bond donors (Lipinski definition) is 1. The summed E-state index contributed by atoms with van der Waals surface area (Å²) in [6.07, 6.45) is 1.36. The van der Waals surface area contributed by atoms with Gasteiger partial charge in [0.05, 0.1) is 6.54 Å². The molecule has 3 atom stereocenters. The standard InChI is InChI=1S/C26H32N4O2.H2O/c1-18-11-20-12-24-22(21-13-25(31)29(24)16-21)14-23(20)30(18)26(32)17-28-9-7-27(8-10-28)15-19-5-3-2-4-6-19;/h2-6,12,14,18,21,25,31H,7-11,13,15-17H2,1H3;1H2. The van der Waals surface area contributed by atoms with Gasteiger partial charge in [-0.15, -0.1) is 0 Å². The van der Waals surface area contributed by atoms with Crippen LogP contribution >= 0.6 is 0 Å². The molecule has 0 saturated carbocycles. The Bertz CT molecular complexity index is 1020. The maximum Gasteiger partial charge on any atom is 0.241 e. The van der Waals surface area contributed by atoms with Crippen LogP contribution in [0.4, 0.5) is 11.4 Å². The molecule has 4 aliphatic heterocycles. The van der Waals surface area contributed by atoms with Crippen molar-refractivity contribution in [3.05, 3.63) is 59.2 Å². The van der Waals surface area contributed by atoms with Crippen LogP contribution < -0.4 is 9.80 Å². The van der Waals surface area contributed by atoms with Gasteiger partial charge in [-0.1, -0.05) is 30.3 Å². The van der Waals surface area contributed by atoms with Gasteiger partial charge in [0.25, 0.3) is 0 Å². The summed E-state index contributed by atoms with van der Waals surface area (Å²) < 4.78 is 0. The predicted octanol–water partition coefficient (Wildman–Crippen LogP) is 1.58. The Labute approximate surface area is 195 Å². The molecule has 4 aliphatic rings. The van der Waals surface area contributed by atoms with Crippen LogP contribution in [0.25, 0.3) is 0 Å². The van der Waals surface area contributed by atoms with Gasteiger partial charge in [-0.3, -0.25) is 14.6 Å². The highest BCUT2D eigenvalue weighted by Crippen LogP contribution is 2.49. The summed E-state index contributed by atoms with van der Waals surface area (Å²) in [5.41, 5.74) is 6.20. The fourth-order valence-electron chi connectivity index (χ4n) is 6.14. The minimum Gasteiger partial charge on any atom is -0.412 e. The number of hydrogen-bond acceptors (Lipinski definition) is 5. The summed E-state index contributed by atoms with van der Waals surface area (Å²) in [6.45, 7) is 8.43. The molecule has 0 aromatic heterocycles. The molecule has 176 valence electrons. The summed E-state index contributed by atoms with van der Waals surface area (Å²) in [5, 5.41) is 10.2. The molecule has 4 heterocycles. The van der Waals surface area contributed by atoms with Gasteiger partial charge >= 0.3 is 0 Å². The Kier molecular flexibility index (Phi) is 5.91. The molecule has 1 amide bonds. The molecule has 2 fully saturated rings. The fourth-order valence-corrected chi connectivity index (χ4v) is 6.14. The van der Waals surface area contributed by atoms with E-state index in [2.05, 4.69) is 64.1 Å². The SMILES string of the molecule is CC1Cc2cc3c(cc2N1C(=O)CN1CCN(Cc2ccccc2)CC1)C1CC(O)N3C1.O. The lowest BCUT2D eigenvalue weighted by Gasteiger charge is -2.35. The van der Waals surface area contributed by atoms with E-state index in [0.29, 0.717) is 12.5 Å². The van der Waals surface area contributed by atoms with Gasteiger partial charge < -0.3 is 20.4 Å². The number of aliphatic hydroxyl groups is 1. The number of anilines is 2. The fraction of sp³-hybridized carbons (Fsp3) is 0.500. The highest BCUT2D eigenvalue weighted by atomic mass is 16.3. The summed E-state index contributed by atoms with van der Waals surface area (Å²) in [4.78, 5) is 22.4. The quantitative estimate of drug-likeness (QED) is 0.765. The first-order chi connectivity index (χ1) is 15.6. The van der Waals surface area contributed by atoms with Crippen LogP contribution in [0.1, 0.15) is 36.0 Å². The minimum atomic E-state index is -0.345. The van der Waals surface area contributed by atoms with Gasteiger partial charge in [0, 0.05) is 69.0 Å². The molecule has 33 heavy (non-hydrogen) atoms. The van der Waals surface area contributed by atoms with Crippen LogP contribution in [0.15, 0.2) is 42.5 Å². The smallest absolute Gasteiger partial charge is 0.241 e. The zero-order valence-electron chi connectivity index (χ0n) is 19.3. The third kappa shape index (κ3) is 3.93. The molecule has 2 saturated heterocycles. The zero-order valence-corrected chi connectivity index (χ0v) is 19.3. The van der Waals surface area contributed by atoms with Crippen LogP contribution in [0.2, 0.25) is 0 Å². The van der Waals surface area contributed by atoms with E-state index in [1.807, 2.05) is 4.90 Å². The average molecular weight is 451 g/mol. The number of benzene rings is 2. The van der Waals surface area contributed by atoms with Crippen LogP contribution in [0.3, 0.4) is 0 Å². The van der Waals surface area contributed by atoms with Crippen molar-refractivity contribution < 1.29 is 15.4 Å². The number of rotatable bonds is 4. The molecule has 7 heteroatoms. The Balaban J connectivity index is 0.00000228. The second-order valence-corrected chi connectivity index (χ2v) is 9.96. The highest BCUT2D eigenvalue weighted by molar-refractivity contribution is 5.98. The number of amides is 1. The van der Waals surface area contributed by atoms with Gasteiger partial charge in [-0.25, -0.2) is 0 Å². The molecule has 7 nitrogen and oxygen atoms in total. The first kappa shape index (κ1) is 22.3. The van der Waals surface area contributed by atoms with E-state index < -0.39 is 0 Å². The Morgan fingerprint density at radius 2 is 1.76 bits per heavy atom. The predicted molar refractivity (Wildman–Crippen MR) is 130 cm³/mol. The topological polar surface area (TPSA) is 81.8 Å². The van der Waals surface area contributed by atoms with Gasteiger partial charge in [0.2, 0.25) is 5.91 Å². The number of aliphatic hydroxyl groups excluding tert-OH is 1. The lowest BCUT2D eigenvalue weighted by molar-refractivity contribution is -0.120. The number of nitrogens with zero attached hydrogens (tertiary/aromatic N) is 4. The summed E-state index contributed by atoms with van der Waals surface area (Å²) in [5.74, 6) is 0.618. The van der Waals surface area contributed by atoms with Crippen molar-refractivity contribution in [3.63, 3.8) is 0 Å². The van der Waals surface area contributed by atoms with E-state index in [1.165, 1.54) is 22.4 Å². The number of piperazine rings is 1. The summed E-state index contributed by atoms with van der Waals surface area (Å²) >= 11 is 0. The van der Waals surface area contributed by atoms with Gasteiger partial charge in [0.1, 0.15) is 6.23 Å². The maximum absolute atomic E-state index is 13.4. The Hall–Kier alpha value is -2.45. The molecule has 0 radical (unpaired) electrons. The summed E-state index contributed by atoms with van der Waals surface area (Å²) in [7, 11) is 0. The zero-order chi connectivity index (χ0) is 21.8. The summed E-state index contributed by atoms with van der Waals surface area (Å²) in [6, 6.07) is 15.3. The van der Waals surface area contributed by atoms with Crippen LogP contribution in [-0.2, 0) is 17.8 Å².